The zero-order valence-electron chi connectivity index (χ0n) is 6.67. The minimum absolute atomic E-state index is 0.0206. The normalized spacial score (nSPS) is 10.5. The van der Waals surface area contributed by atoms with Crippen LogP contribution in [-0.2, 0) is 0 Å². The molecule has 1 heterocycles. The topological polar surface area (TPSA) is 37.8 Å². The molecule has 0 saturated heterocycles. The van der Waals surface area contributed by atoms with Gasteiger partial charge in [-0.25, -0.2) is 18.7 Å². The Bertz CT molecular complexity index is 267. The highest BCUT2D eigenvalue weighted by atomic mass is 19.3. The van der Waals surface area contributed by atoms with Crippen molar-refractivity contribution in [3.63, 3.8) is 0 Å². The summed E-state index contributed by atoms with van der Waals surface area (Å²) in [6.07, 6.45) is -0.260. The lowest BCUT2D eigenvalue weighted by Gasteiger charge is -2.04. The molecule has 0 amide bonds. The average Bonchev–Trinajstić information content (AvgIpc) is 2.08. The van der Waals surface area contributed by atoms with Crippen molar-refractivity contribution >= 4 is 5.82 Å². The third-order valence-electron chi connectivity index (χ3n) is 1.31. The Hall–Kier alpha value is -1.33. The van der Waals surface area contributed by atoms with Gasteiger partial charge in [0, 0.05) is 25.4 Å². The number of hydrogen-bond donors (Lipinski definition) is 1. The Balaban J connectivity index is 2.41. The fourth-order valence-corrected chi connectivity index (χ4v) is 0.739. The number of nitrogens with one attached hydrogen (secondary N) is 1. The number of alkyl halides is 2. The van der Waals surface area contributed by atoms with Gasteiger partial charge in [0.05, 0.1) is 0 Å². The van der Waals surface area contributed by atoms with Gasteiger partial charge in [-0.15, -0.1) is 0 Å². The van der Waals surface area contributed by atoms with Crippen LogP contribution < -0.4 is 5.32 Å². The van der Waals surface area contributed by atoms with Gasteiger partial charge in [-0.3, -0.25) is 0 Å². The summed E-state index contributed by atoms with van der Waals surface area (Å²) in [7, 11) is 0. The summed E-state index contributed by atoms with van der Waals surface area (Å²) in [5, 5.41) is 2.42. The van der Waals surface area contributed by atoms with E-state index >= 15 is 0 Å². The highest BCUT2D eigenvalue weighted by Crippen LogP contribution is 2.06. The third kappa shape index (κ3) is 3.27. The lowest BCUT2D eigenvalue weighted by atomic mass is 10.4. The maximum Gasteiger partial charge on any atom is 0.255 e. The molecule has 0 atom stereocenters. The number of nitrogens with zero attached hydrogens (tertiary/aromatic N) is 2. The molecule has 13 heavy (non-hydrogen) atoms. The van der Waals surface area contributed by atoms with Crippen LogP contribution >= 0.6 is 0 Å². The SMILES string of the molecule is Fc1nccnc1NCCC(F)F. The maximum atomic E-state index is 12.7. The lowest BCUT2D eigenvalue weighted by molar-refractivity contribution is 0.142. The summed E-state index contributed by atoms with van der Waals surface area (Å²) in [6.45, 7) is -0.0206. The van der Waals surface area contributed by atoms with E-state index in [1.165, 1.54) is 12.4 Å². The smallest absolute Gasteiger partial charge is 0.255 e. The number of aromatic nitrogens is 2. The molecule has 0 saturated carbocycles. The van der Waals surface area contributed by atoms with Crippen LogP contribution in [0.4, 0.5) is 19.0 Å². The van der Waals surface area contributed by atoms with E-state index in [1.807, 2.05) is 0 Å². The quantitative estimate of drug-likeness (QED) is 0.786. The summed E-state index contributed by atoms with van der Waals surface area (Å²) >= 11 is 0. The van der Waals surface area contributed by atoms with Gasteiger partial charge in [0.15, 0.2) is 5.82 Å². The van der Waals surface area contributed by atoms with E-state index in [1.54, 1.807) is 0 Å². The van der Waals surface area contributed by atoms with Crippen LogP contribution in [0.1, 0.15) is 6.42 Å². The van der Waals surface area contributed by atoms with E-state index in [0.717, 1.165) is 0 Å². The highest BCUT2D eigenvalue weighted by Gasteiger charge is 2.05. The van der Waals surface area contributed by atoms with Crippen molar-refractivity contribution < 1.29 is 13.2 Å². The van der Waals surface area contributed by atoms with Crippen molar-refractivity contribution in [2.75, 3.05) is 11.9 Å². The van der Waals surface area contributed by atoms with E-state index in [2.05, 4.69) is 15.3 Å². The summed E-state index contributed by atoms with van der Waals surface area (Å²) in [5.74, 6) is -0.875. The monoisotopic (exact) mass is 191 g/mol. The minimum atomic E-state index is -2.40. The number of hydrogen-bond acceptors (Lipinski definition) is 3. The predicted octanol–water partition coefficient (Wildman–Crippen LogP) is 1.68. The molecule has 3 nitrogen and oxygen atoms in total. The highest BCUT2D eigenvalue weighted by molar-refractivity contribution is 5.31. The Morgan fingerprint density at radius 3 is 2.62 bits per heavy atom. The van der Waals surface area contributed by atoms with Gasteiger partial charge < -0.3 is 5.32 Å². The molecule has 1 aromatic heterocycles. The summed E-state index contributed by atoms with van der Waals surface area (Å²) in [6, 6.07) is 0. The molecule has 1 rings (SSSR count). The molecule has 6 heteroatoms. The largest absolute Gasteiger partial charge is 0.366 e. The molecule has 1 N–H and O–H groups in total. The molecule has 0 aliphatic rings. The van der Waals surface area contributed by atoms with Crippen LogP contribution in [0.25, 0.3) is 0 Å². The zero-order chi connectivity index (χ0) is 9.68. The van der Waals surface area contributed by atoms with Crippen molar-refractivity contribution in [3.05, 3.63) is 18.3 Å². The second-order valence-electron chi connectivity index (χ2n) is 2.30. The Labute approximate surface area is 73.0 Å². The summed E-state index contributed by atoms with van der Waals surface area (Å²) in [5.41, 5.74) is 0. The van der Waals surface area contributed by atoms with Crippen LogP contribution in [0.5, 0.6) is 0 Å². The minimum Gasteiger partial charge on any atom is -0.366 e. The Morgan fingerprint density at radius 2 is 2.00 bits per heavy atom. The fraction of sp³-hybridized carbons (Fsp3) is 0.429. The van der Waals surface area contributed by atoms with Gasteiger partial charge in [-0.1, -0.05) is 0 Å². The molecular weight excluding hydrogens is 183 g/mol. The van der Waals surface area contributed by atoms with Crippen molar-refractivity contribution in [1.82, 2.24) is 9.97 Å². The first-order chi connectivity index (χ1) is 6.20. The number of halogens is 3. The van der Waals surface area contributed by atoms with Crippen molar-refractivity contribution in [1.29, 1.82) is 0 Å². The van der Waals surface area contributed by atoms with E-state index in [4.69, 9.17) is 0 Å². The standard InChI is InChI=1S/C7H8F3N3/c8-5(9)1-2-12-7-6(10)11-3-4-13-7/h3-5H,1-2H2,(H,12,13). The van der Waals surface area contributed by atoms with Crippen molar-refractivity contribution in [2.24, 2.45) is 0 Å². The van der Waals surface area contributed by atoms with Gasteiger partial charge in [0.2, 0.25) is 6.43 Å². The third-order valence-corrected chi connectivity index (χ3v) is 1.31. The summed E-state index contributed by atoms with van der Waals surface area (Å²) < 4.78 is 36.0. The molecule has 0 aromatic carbocycles. The zero-order valence-corrected chi connectivity index (χ0v) is 6.67. The average molecular weight is 191 g/mol. The fourth-order valence-electron chi connectivity index (χ4n) is 0.739. The lowest BCUT2D eigenvalue weighted by Crippen LogP contribution is -2.09. The van der Waals surface area contributed by atoms with Crippen LogP contribution in [-0.4, -0.2) is 22.9 Å². The molecule has 0 bridgehead atoms. The Morgan fingerprint density at radius 1 is 1.31 bits per heavy atom. The number of rotatable bonds is 4. The van der Waals surface area contributed by atoms with Crippen LogP contribution in [0.2, 0.25) is 0 Å². The Kier molecular flexibility index (Phi) is 3.48. The van der Waals surface area contributed by atoms with Gasteiger partial charge in [0.1, 0.15) is 0 Å². The first-order valence-corrected chi connectivity index (χ1v) is 3.68. The predicted molar refractivity (Wildman–Crippen MR) is 41.1 cm³/mol. The van der Waals surface area contributed by atoms with Crippen LogP contribution in [0.15, 0.2) is 12.4 Å². The van der Waals surface area contributed by atoms with Gasteiger partial charge in [0.25, 0.3) is 5.95 Å². The maximum absolute atomic E-state index is 12.7. The molecule has 0 aliphatic heterocycles. The first-order valence-electron chi connectivity index (χ1n) is 3.68. The van der Waals surface area contributed by atoms with Crippen LogP contribution in [0.3, 0.4) is 0 Å². The molecule has 0 radical (unpaired) electrons. The van der Waals surface area contributed by atoms with Gasteiger partial charge in [-0.05, 0) is 0 Å². The van der Waals surface area contributed by atoms with E-state index in [0.29, 0.717) is 0 Å². The second kappa shape index (κ2) is 4.64. The molecule has 0 fully saturated rings. The van der Waals surface area contributed by atoms with Crippen molar-refractivity contribution in [3.8, 4) is 0 Å². The molecule has 0 aliphatic carbocycles. The second-order valence-corrected chi connectivity index (χ2v) is 2.30. The molecule has 1 aromatic rings. The van der Waals surface area contributed by atoms with Gasteiger partial charge in [-0.2, -0.15) is 4.39 Å². The molecular formula is C7H8F3N3. The van der Waals surface area contributed by atoms with E-state index in [9.17, 15) is 13.2 Å². The van der Waals surface area contributed by atoms with Crippen molar-refractivity contribution in [2.45, 2.75) is 12.8 Å². The van der Waals surface area contributed by atoms with Gasteiger partial charge >= 0.3 is 0 Å². The van der Waals surface area contributed by atoms with Crippen LogP contribution in [0, 0.1) is 5.95 Å². The summed E-state index contributed by atoms with van der Waals surface area (Å²) in [4.78, 5) is 6.88. The molecule has 72 valence electrons. The number of anilines is 1. The first kappa shape index (κ1) is 9.76. The van der Waals surface area contributed by atoms with E-state index in [-0.39, 0.29) is 18.8 Å². The molecule has 0 unspecified atom stereocenters. The van der Waals surface area contributed by atoms with E-state index < -0.39 is 12.4 Å². The molecule has 0 spiro atoms.